The molecule has 1 saturated carbocycles. The molecule has 0 spiro atoms. The number of benzene rings is 1. The number of halogens is 3. The first-order valence-electron chi connectivity index (χ1n) is 8.45. The Balaban J connectivity index is 2.35. The summed E-state index contributed by atoms with van der Waals surface area (Å²) in [6.07, 6.45) is 1.07. The van der Waals surface area contributed by atoms with Crippen LogP contribution in [0.3, 0.4) is 0 Å². The van der Waals surface area contributed by atoms with Gasteiger partial charge in [-0.2, -0.15) is 13.2 Å². The fourth-order valence-electron chi connectivity index (χ4n) is 3.06. The van der Waals surface area contributed by atoms with Crippen molar-refractivity contribution in [2.24, 2.45) is 5.92 Å². The van der Waals surface area contributed by atoms with E-state index in [9.17, 15) is 18.0 Å². The summed E-state index contributed by atoms with van der Waals surface area (Å²) in [5, 5.41) is 2.66. The third-order valence-corrected chi connectivity index (χ3v) is 4.61. The van der Waals surface area contributed by atoms with Crippen LogP contribution in [-0.4, -0.2) is 19.0 Å². The van der Waals surface area contributed by atoms with Crippen molar-refractivity contribution in [2.45, 2.75) is 58.2 Å². The van der Waals surface area contributed by atoms with Gasteiger partial charge in [-0.25, -0.2) is 0 Å². The molecule has 3 nitrogen and oxygen atoms in total. The van der Waals surface area contributed by atoms with E-state index in [1.165, 1.54) is 12.5 Å². The van der Waals surface area contributed by atoms with Crippen molar-refractivity contribution < 1.29 is 18.0 Å². The quantitative estimate of drug-likeness (QED) is 0.828. The van der Waals surface area contributed by atoms with Gasteiger partial charge in [-0.1, -0.05) is 33.1 Å². The van der Waals surface area contributed by atoms with Gasteiger partial charge in [0.2, 0.25) is 5.91 Å². The Kier molecular flexibility index (Phi) is 5.78. The second-order valence-electron chi connectivity index (χ2n) is 6.78. The van der Waals surface area contributed by atoms with Gasteiger partial charge in [0, 0.05) is 19.0 Å². The van der Waals surface area contributed by atoms with Crippen molar-refractivity contribution in [2.75, 3.05) is 17.3 Å². The van der Waals surface area contributed by atoms with Gasteiger partial charge in [0.25, 0.3) is 0 Å². The van der Waals surface area contributed by atoms with Crippen molar-refractivity contribution in [1.29, 1.82) is 0 Å². The first-order chi connectivity index (χ1) is 11.2. The maximum absolute atomic E-state index is 13.0. The highest BCUT2D eigenvalue weighted by Crippen LogP contribution is 2.37. The summed E-state index contributed by atoms with van der Waals surface area (Å²) in [7, 11) is 1.89. The number of nitrogens with zero attached hydrogens (tertiary/aromatic N) is 1. The Morgan fingerprint density at radius 2 is 1.83 bits per heavy atom. The molecule has 1 aliphatic rings. The normalized spacial score (nSPS) is 16.3. The summed E-state index contributed by atoms with van der Waals surface area (Å²) < 4.78 is 39.1. The molecular formula is C18H25F3N2O. The molecule has 0 saturated heterocycles. The number of carbonyl (C=O) groups excluding carboxylic acids is 1. The monoisotopic (exact) mass is 342 g/mol. The van der Waals surface area contributed by atoms with E-state index in [-0.39, 0.29) is 17.5 Å². The smallest absolute Gasteiger partial charge is 0.370 e. The Morgan fingerprint density at radius 1 is 1.21 bits per heavy atom. The summed E-state index contributed by atoms with van der Waals surface area (Å²) in [5.74, 6) is -0.583. The highest BCUT2D eigenvalue weighted by atomic mass is 19.4. The maximum Gasteiger partial charge on any atom is 0.416 e. The Labute approximate surface area is 141 Å². The van der Waals surface area contributed by atoms with Crippen LogP contribution in [0, 0.1) is 5.92 Å². The second kappa shape index (κ2) is 7.45. The Hall–Kier alpha value is -1.72. The standard InChI is InChI=1S/C18H25F3N2O/c1-12(2)17(24)22-15-11-13(18(19,20)21)9-10-16(15)23(3)14-7-5-4-6-8-14/h9-12,14H,4-8H2,1-3H3,(H,22,24). The molecule has 1 amide bonds. The van der Waals surface area contributed by atoms with Crippen molar-refractivity contribution in [3.8, 4) is 0 Å². The zero-order chi connectivity index (χ0) is 17.9. The molecule has 1 aliphatic carbocycles. The van der Waals surface area contributed by atoms with Gasteiger partial charge in [-0.3, -0.25) is 4.79 Å². The SMILES string of the molecule is CC(C)C(=O)Nc1cc(C(F)(F)F)ccc1N(C)C1CCCCC1. The molecule has 1 aromatic carbocycles. The van der Waals surface area contributed by atoms with Crippen molar-refractivity contribution >= 4 is 17.3 Å². The fraction of sp³-hybridized carbons (Fsp3) is 0.611. The van der Waals surface area contributed by atoms with Crippen LogP contribution in [0.25, 0.3) is 0 Å². The average molecular weight is 342 g/mol. The predicted molar refractivity (Wildman–Crippen MR) is 90.2 cm³/mol. The van der Waals surface area contributed by atoms with Crippen LogP contribution in [0.1, 0.15) is 51.5 Å². The summed E-state index contributed by atoms with van der Waals surface area (Å²) in [4.78, 5) is 14.0. The van der Waals surface area contributed by atoms with E-state index >= 15 is 0 Å². The molecule has 0 bridgehead atoms. The molecule has 1 N–H and O–H groups in total. The molecule has 0 atom stereocenters. The molecule has 0 heterocycles. The number of hydrogen-bond acceptors (Lipinski definition) is 2. The Bertz CT molecular complexity index is 578. The topological polar surface area (TPSA) is 32.3 Å². The number of nitrogens with one attached hydrogen (secondary N) is 1. The van der Waals surface area contributed by atoms with Gasteiger partial charge >= 0.3 is 6.18 Å². The minimum absolute atomic E-state index is 0.233. The molecule has 0 unspecified atom stereocenters. The van der Waals surface area contributed by atoms with E-state index < -0.39 is 11.7 Å². The minimum atomic E-state index is -4.43. The van der Waals surface area contributed by atoms with E-state index in [1.807, 2.05) is 11.9 Å². The van der Waals surface area contributed by atoms with Gasteiger partial charge in [-0.05, 0) is 31.0 Å². The zero-order valence-electron chi connectivity index (χ0n) is 14.4. The first-order valence-corrected chi connectivity index (χ1v) is 8.45. The molecular weight excluding hydrogens is 317 g/mol. The summed E-state index contributed by atoms with van der Waals surface area (Å²) in [5.41, 5.74) is 0.128. The van der Waals surface area contributed by atoms with Crippen molar-refractivity contribution in [1.82, 2.24) is 0 Å². The summed E-state index contributed by atoms with van der Waals surface area (Å²) >= 11 is 0. The lowest BCUT2D eigenvalue weighted by Crippen LogP contribution is -2.34. The van der Waals surface area contributed by atoms with Gasteiger partial charge in [-0.15, -0.1) is 0 Å². The number of anilines is 2. The number of amides is 1. The van der Waals surface area contributed by atoms with E-state index in [0.29, 0.717) is 11.7 Å². The van der Waals surface area contributed by atoms with E-state index in [1.54, 1.807) is 13.8 Å². The molecule has 6 heteroatoms. The van der Waals surface area contributed by atoms with Crippen LogP contribution in [0.5, 0.6) is 0 Å². The molecule has 134 valence electrons. The van der Waals surface area contributed by atoms with Gasteiger partial charge in [0.1, 0.15) is 0 Å². The lowest BCUT2D eigenvalue weighted by molar-refractivity contribution is -0.137. The van der Waals surface area contributed by atoms with Crippen LogP contribution in [-0.2, 0) is 11.0 Å². The van der Waals surface area contributed by atoms with Gasteiger partial charge in [0.05, 0.1) is 16.9 Å². The van der Waals surface area contributed by atoms with E-state index in [4.69, 9.17) is 0 Å². The third kappa shape index (κ3) is 4.42. The van der Waals surface area contributed by atoms with Crippen LogP contribution < -0.4 is 10.2 Å². The average Bonchev–Trinajstić information content (AvgIpc) is 2.54. The second-order valence-corrected chi connectivity index (χ2v) is 6.78. The number of carbonyl (C=O) groups is 1. The Morgan fingerprint density at radius 3 is 2.38 bits per heavy atom. The molecule has 24 heavy (non-hydrogen) atoms. The van der Waals surface area contributed by atoms with E-state index in [2.05, 4.69) is 5.32 Å². The van der Waals surface area contributed by atoms with Gasteiger partial charge in [0.15, 0.2) is 0 Å². The predicted octanol–water partition coefficient (Wildman–Crippen LogP) is 5.07. The molecule has 0 aliphatic heterocycles. The fourth-order valence-corrected chi connectivity index (χ4v) is 3.06. The van der Waals surface area contributed by atoms with Crippen LogP contribution in [0.2, 0.25) is 0 Å². The molecule has 2 rings (SSSR count). The summed E-state index contributed by atoms with van der Waals surface area (Å²) in [6.45, 7) is 3.43. The maximum atomic E-state index is 13.0. The van der Waals surface area contributed by atoms with Crippen LogP contribution in [0.4, 0.5) is 24.5 Å². The molecule has 0 aromatic heterocycles. The first kappa shape index (κ1) is 18.6. The number of rotatable bonds is 4. The molecule has 0 radical (unpaired) electrons. The van der Waals surface area contributed by atoms with Crippen molar-refractivity contribution in [3.05, 3.63) is 23.8 Å². The largest absolute Gasteiger partial charge is 0.416 e. The van der Waals surface area contributed by atoms with Gasteiger partial charge < -0.3 is 10.2 Å². The zero-order valence-corrected chi connectivity index (χ0v) is 14.4. The van der Waals surface area contributed by atoms with Crippen LogP contribution >= 0.6 is 0 Å². The van der Waals surface area contributed by atoms with E-state index in [0.717, 1.165) is 37.8 Å². The van der Waals surface area contributed by atoms with Crippen molar-refractivity contribution in [3.63, 3.8) is 0 Å². The lowest BCUT2D eigenvalue weighted by Gasteiger charge is -2.34. The highest BCUT2D eigenvalue weighted by molar-refractivity contribution is 5.95. The lowest BCUT2D eigenvalue weighted by atomic mass is 9.94. The molecule has 1 aromatic rings. The molecule has 1 fully saturated rings. The number of alkyl halides is 3. The summed E-state index contributed by atoms with van der Waals surface area (Å²) in [6, 6.07) is 3.88. The highest BCUT2D eigenvalue weighted by Gasteiger charge is 2.32. The third-order valence-electron chi connectivity index (χ3n) is 4.61. The minimum Gasteiger partial charge on any atom is -0.370 e. The van der Waals surface area contributed by atoms with Crippen LogP contribution in [0.15, 0.2) is 18.2 Å². The number of hydrogen-bond donors (Lipinski definition) is 1.